The van der Waals surface area contributed by atoms with Crippen molar-refractivity contribution in [3.8, 4) is 11.6 Å². The molecule has 45 heavy (non-hydrogen) atoms. The van der Waals surface area contributed by atoms with Gasteiger partial charge in [-0.3, -0.25) is 13.9 Å². The lowest BCUT2D eigenvalue weighted by molar-refractivity contribution is -0.157. The number of nitrogens with zero attached hydrogens (tertiary/aromatic N) is 4. The van der Waals surface area contributed by atoms with E-state index < -0.39 is 49.2 Å². The Hall–Kier alpha value is -3.43. The van der Waals surface area contributed by atoms with Crippen LogP contribution in [0, 0.1) is 0 Å². The molecule has 0 bridgehead atoms. The number of ether oxygens (including phenoxy) is 3. The lowest BCUT2D eigenvalue weighted by atomic mass is 9.97. The summed E-state index contributed by atoms with van der Waals surface area (Å²) in [5, 5.41) is 13.9. The van der Waals surface area contributed by atoms with E-state index in [1.54, 1.807) is 25.1 Å². The second-order valence-electron chi connectivity index (χ2n) is 11.5. The molecule has 2 aromatic heterocycles. The fraction of sp³-hybridized carbons (Fsp3) is 0.571. The number of hydrogen-bond acceptors (Lipinski definition) is 12. The highest BCUT2D eigenvalue weighted by Crippen LogP contribution is 2.73. The largest absolute Gasteiger partial charge is 0.476 e. The van der Waals surface area contributed by atoms with Crippen LogP contribution in [0.15, 0.2) is 36.7 Å². The molecule has 1 saturated heterocycles. The van der Waals surface area contributed by atoms with Gasteiger partial charge in [-0.1, -0.05) is 24.6 Å². The maximum Gasteiger partial charge on any atom is 0.460 e. The van der Waals surface area contributed by atoms with E-state index in [2.05, 4.69) is 20.0 Å². The Morgan fingerprint density at radius 1 is 1.24 bits per heavy atom. The predicted molar refractivity (Wildman–Crippen MR) is 154 cm³/mol. The molecule has 0 radical (unpaired) electrons. The molecule has 0 spiro atoms. The van der Waals surface area contributed by atoms with Crippen LogP contribution in [0.2, 0.25) is 0 Å². The fourth-order valence-corrected chi connectivity index (χ4v) is 7.63. The molecule has 6 rings (SSSR count). The van der Waals surface area contributed by atoms with Crippen LogP contribution >= 0.6 is 7.75 Å². The molecule has 3 aliphatic rings. The van der Waals surface area contributed by atoms with Crippen LogP contribution in [0.25, 0.3) is 11.2 Å². The number of nitrogens with two attached hydrogens (primary N) is 1. The molecule has 4 N–H and O–H groups in total. The summed E-state index contributed by atoms with van der Waals surface area (Å²) in [6.07, 6.45) is 1.20. The number of aliphatic hydroxyl groups is 1. The van der Waals surface area contributed by atoms with E-state index in [0.717, 1.165) is 37.1 Å². The zero-order valence-electron chi connectivity index (χ0n) is 24.9. The zero-order chi connectivity index (χ0) is 32.2. The first-order valence-corrected chi connectivity index (χ1v) is 16.3. The first-order valence-electron chi connectivity index (χ1n) is 14.7. The van der Waals surface area contributed by atoms with Gasteiger partial charge in [0.1, 0.15) is 17.9 Å². The Kier molecular flexibility index (Phi) is 8.01. The smallest absolute Gasteiger partial charge is 0.460 e. The normalized spacial score (nSPS) is 31.6. The molecule has 1 aromatic carbocycles. The third-order valence-corrected chi connectivity index (χ3v) is 9.98. The average molecular weight is 653 g/mol. The lowest BCUT2D eigenvalue weighted by Crippen LogP contribution is -2.45. The van der Waals surface area contributed by atoms with Gasteiger partial charge in [0.15, 0.2) is 34.8 Å². The van der Waals surface area contributed by atoms with Crippen LogP contribution in [0.3, 0.4) is 0 Å². The number of aromatic nitrogens is 4. The molecular formula is C28H35F2N6O8P. The minimum atomic E-state index is -4.70. The number of alkyl halides is 2. The molecule has 3 fully saturated rings. The summed E-state index contributed by atoms with van der Waals surface area (Å²) in [7, 11) is -4.70. The predicted octanol–water partition coefficient (Wildman–Crippen LogP) is 3.90. The fourth-order valence-electron chi connectivity index (χ4n) is 5.93. The molecule has 244 valence electrons. The first kappa shape index (κ1) is 31.5. The number of carbonyl (C=O) groups is 1. The minimum absolute atomic E-state index is 0.0264. The minimum Gasteiger partial charge on any atom is -0.476 e. The SMILES string of the molecule is CCOc1nc(N)nc2c1ncn2[C@@H]1O[C@]2(F)C(OP(=O)(NC(C)C(=O)OC3CCCCC3)Oc3ccccc3)[C@@]2(O)[C@@]1(C)F. The van der Waals surface area contributed by atoms with Gasteiger partial charge in [-0.2, -0.15) is 15.1 Å². The van der Waals surface area contributed by atoms with Gasteiger partial charge in [-0.25, -0.2) is 18.3 Å². The number of nitrogens with one attached hydrogen (secondary N) is 1. The number of anilines is 1. The van der Waals surface area contributed by atoms with Crippen molar-refractivity contribution in [1.29, 1.82) is 0 Å². The van der Waals surface area contributed by atoms with Crippen LogP contribution in [-0.2, 0) is 23.4 Å². The topological polar surface area (TPSA) is 182 Å². The van der Waals surface area contributed by atoms with Gasteiger partial charge in [0.05, 0.1) is 12.9 Å². The second-order valence-corrected chi connectivity index (χ2v) is 13.2. The monoisotopic (exact) mass is 652 g/mol. The molecule has 3 heterocycles. The Morgan fingerprint density at radius 2 is 1.96 bits per heavy atom. The number of halogens is 2. The molecule has 7 atom stereocenters. The second kappa shape index (κ2) is 11.4. The quantitative estimate of drug-likeness (QED) is 0.201. The van der Waals surface area contributed by atoms with Crippen LogP contribution in [-0.4, -0.2) is 72.6 Å². The highest BCUT2D eigenvalue weighted by molar-refractivity contribution is 7.52. The molecule has 2 saturated carbocycles. The number of esters is 1. The molecule has 3 aromatic rings. The summed E-state index contributed by atoms with van der Waals surface area (Å²) < 4.78 is 75.7. The maximum absolute atomic E-state index is 16.6. The number of para-hydroxylation sites is 1. The summed E-state index contributed by atoms with van der Waals surface area (Å²) >= 11 is 0. The number of rotatable bonds is 11. The number of carbonyl (C=O) groups excluding carboxylic acids is 1. The van der Waals surface area contributed by atoms with Gasteiger partial charge in [0.25, 0.3) is 5.85 Å². The van der Waals surface area contributed by atoms with Crippen molar-refractivity contribution >= 4 is 30.8 Å². The van der Waals surface area contributed by atoms with E-state index in [-0.39, 0.29) is 41.5 Å². The Bertz CT molecular complexity index is 1630. The van der Waals surface area contributed by atoms with E-state index in [0.29, 0.717) is 12.8 Å². The highest BCUT2D eigenvalue weighted by atomic mass is 31.2. The number of benzene rings is 1. The Balaban J connectivity index is 1.25. The molecular weight excluding hydrogens is 617 g/mol. The molecule has 2 aliphatic carbocycles. The number of nitrogen functional groups attached to an aromatic ring is 1. The summed E-state index contributed by atoms with van der Waals surface area (Å²) in [6, 6.07) is 6.53. The number of imidazole rings is 1. The van der Waals surface area contributed by atoms with Crippen molar-refractivity contribution in [3.05, 3.63) is 36.7 Å². The summed E-state index contributed by atoms with van der Waals surface area (Å²) in [5.74, 6) is -4.06. The third kappa shape index (κ3) is 5.31. The van der Waals surface area contributed by atoms with Crippen LogP contribution in [0.1, 0.15) is 59.1 Å². The van der Waals surface area contributed by atoms with Gasteiger partial charge >= 0.3 is 13.7 Å². The molecule has 1 aliphatic heterocycles. The van der Waals surface area contributed by atoms with Crippen molar-refractivity contribution in [1.82, 2.24) is 24.6 Å². The lowest BCUT2D eigenvalue weighted by Gasteiger charge is -2.31. The molecule has 17 heteroatoms. The number of fused-ring (bicyclic) bond motifs is 2. The third-order valence-electron chi connectivity index (χ3n) is 8.34. The van der Waals surface area contributed by atoms with Gasteiger partial charge in [0.2, 0.25) is 11.8 Å². The van der Waals surface area contributed by atoms with Gasteiger partial charge in [0, 0.05) is 0 Å². The highest BCUT2D eigenvalue weighted by Gasteiger charge is 2.96. The van der Waals surface area contributed by atoms with Crippen molar-refractivity contribution in [3.63, 3.8) is 0 Å². The van der Waals surface area contributed by atoms with E-state index in [9.17, 15) is 14.5 Å². The first-order chi connectivity index (χ1) is 21.3. The van der Waals surface area contributed by atoms with Crippen molar-refractivity contribution in [2.24, 2.45) is 0 Å². The van der Waals surface area contributed by atoms with Gasteiger partial charge < -0.3 is 29.6 Å². The summed E-state index contributed by atoms with van der Waals surface area (Å²) in [4.78, 5) is 25.1. The Labute approximate surface area is 257 Å². The van der Waals surface area contributed by atoms with Gasteiger partial charge in [-0.05, 0) is 58.6 Å². The summed E-state index contributed by atoms with van der Waals surface area (Å²) in [5.41, 5.74) is 0.00209. The Morgan fingerprint density at radius 3 is 2.60 bits per heavy atom. The average Bonchev–Trinajstić information content (AvgIpc) is 3.23. The van der Waals surface area contributed by atoms with Crippen LogP contribution in [0.4, 0.5) is 14.7 Å². The van der Waals surface area contributed by atoms with E-state index in [4.69, 9.17) is 29.0 Å². The standard InChI is InChI=1S/C28H35F2N6O8P/c1-4-40-21-19-20(33-25(31)34-21)36(15-32-19)24-26(3,29)27(38)23(28(27,30)42-24)44-45(39,43-18-13-9-6-10-14-18)35-16(2)22(37)41-17-11-7-5-8-12-17/h6,9-10,13-17,23-24,38H,4-5,7-8,11-12H2,1-3H3,(H,35,39)(H2,31,33,34)/t16?,23?,24-,26+,27-,28-,45?/m1/s1. The van der Waals surface area contributed by atoms with Crippen LogP contribution < -0.4 is 20.1 Å². The molecule has 0 amide bonds. The van der Waals surface area contributed by atoms with E-state index >= 15 is 8.78 Å². The summed E-state index contributed by atoms with van der Waals surface area (Å²) in [6.45, 7) is 4.22. The zero-order valence-corrected chi connectivity index (χ0v) is 25.8. The van der Waals surface area contributed by atoms with Crippen LogP contribution in [0.5, 0.6) is 11.6 Å². The van der Waals surface area contributed by atoms with Crippen molar-refractivity contribution in [2.75, 3.05) is 12.3 Å². The van der Waals surface area contributed by atoms with Crippen molar-refractivity contribution < 1.29 is 46.5 Å². The molecule has 14 nitrogen and oxygen atoms in total. The van der Waals surface area contributed by atoms with Gasteiger partial charge in [-0.15, -0.1) is 0 Å². The molecule has 3 unspecified atom stereocenters. The van der Waals surface area contributed by atoms with E-state index in [1.165, 1.54) is 19.1 Å². The number of hydrogen-bond donors (Lipinski definition) is 3. The maximum atomic E-state index is 16.6. The van der Waals surface area contributed by atoms with Crippen molar-refractivity contribution in [2.45, 2.75) is 94.5 Å². The van der Waals surface area contributed by atoms with E-state index in [1.807, 2.05) is 0 Å².